The van der Waals surface area contributed by atoms with E-state index in [9.17, 15) is 5.11 Å². The Morgan fingerprint density at radius 1 is 0.750 bits per heavy atom. The molecule has 2 rings (SSSR count). The Morgan fingerprint density at radius 2 is 1.25 bits per heavy atom. The predicted molar refractivity (Wildman–Crippen MR) is 97.8 cm³/mol. The topological polar surface area (TPSA) is 38.7 Å². The molecule has 0 aliphatic heterocycles. The van der Waals surface area contributed by atoms with E-state index in [-0.39, 0.29) is 6.61 Å². The van der Waals surface area contributed by atoms with Crippen LogP contribution in [0.3, 0.4) is 0 Å². The molecule has 0 heterocycles. The number of rotatable bonds is 10. The summed E-state index contributed by atoms with van der Waals surface area (Å²) in [5.41, 5.74) is 2.62. The number of ether oxygens (including phenoxy) is 2. The fourth-order valence-corrected chi connectivity index (χ4v) is 2.88. The SMILES string of the molecule is COc1ccc(CCCC(CO)CCc2ccc(OC)cc2)cc1. The summed E-state index contributed by atoms with van der Waals surface area (Å²) in [6, 6.07) is 16.4. The minimum absolute atomic E-state index is 0.263. The first-order valence-corrected chi connectivity index (χ1v) is 8.62. The summed E-state index contributed by atoms with van der Waals surface area (Å²) in [5, 5.41) is 9.62. The maximum atomic E-state index is 9.62. The summed E-state index contributed by atoms with van der Waals surface area (Å²) < 4.78 is 10.4. The van der Waals surface area contributed by atoms with Crippen molar-refractivity contribution < 1.29 is 14.6 Å². The molecule has 0 aliphatic carbocycles. The van der Waals surface area contributed by atoms with Gasteiger partial charge in [0.2, 0.25) is 0 Å². The second kappa shape index (κ2) is 9.99. The smallest absolute Gasteiger partial charge is 0.118 e. The lowest BCUT2D eigenvalue weighted by Crippen LogP contribution is -2.08. The zero-order valence-electron chi connectivity index (χ0n) is 14.7. The molecule has 0 radical (unpaired) electrons. The third-order valence-corrected chi connectivity index (χ3v) is 4.50. The minimum Gasteiger partial charge on any atom is -0.497 e. The molecule has 2 aromatic carbocycles. The maximum absolute atomic E-state index is 9.62. The van der Waals surface area contributed by atoms with Gasteiger partial charge in [-0.2, -0.15) is 0 Å². The summed E-state index contributed by atoms with van der Waals surface area (Å²) in [4.78, 5) is 0. The lowest BCUT2D eigenvalue weighted by atomic mass is 9.94. The van der Waals surface area contributed by atoms with Crippen LogP contribution in [0.4, 0.5) is 0 Å². The Morgan fingerprint density at radius 3 is 1.71 bits per heavy atom. The van der Waals surface area contributed by atoms with Gasteiger partial charge in [-0.15, -0.1) is 0 Å². The van der Waals surface area contributed by atoms with Crippen molar-refractivity contribution in [2.45, 2.75) is 32.1 Å². The molecule has 1 unspecified atom stereocenters. The fourth-order valence-electron chi connectivity index (χ4n) is 2.88. The van der Waals surface area contributed by atoms with Gasteiger partial charge in [0, 0.05) is 6.61 Å². The van der Waals surface area contributed by atoms with E-state index in [4.69, 9.17) is 9.47 Å². The van der Waals surface area contributed by atoms with Crippen LogP contribution < -0.4 is 9.47 Å². The lowest BCUT2D eigenvalue weighted by molar-refractivity contribution is 0.208. The van der Waals surface area contributed by atoms with E-state index in [2.05, 4.69) is 24.3 Å². The average molecular weight is 328 g/mol. The highest BCUT2D eigenvalue weighted by molar-refractivity contribution is 5.28. The molecule has 0 aromatic heterocycles. The van der Waals surface area contributed by atoms with E-state index in [1.807, 2.05) is 24.3 Å². The summed E-state index contributed by atoms with van der Waals surface area (Å²) >= 11 is 0. The van der Waals surface area contributed by atoms with Crippen LogP contribution in [0.2, 0.25) is 0 Å². The zero-order valence-corrected chi connectivity index (χ0v) is 14.7. The van der Waals surface area contributed by atoms with Crippen LogP contribution in [0.15, 0.2) is 48.5 Å². The largest absolute Gasteiger partial charge is 0.497 e. The second-order valence-corrected chi connectivity index (χ2v) is 6.18. The molecule has 0 fully saturated rings. The van der Waals surface area contributed by atoms with Crippen LogP contribution in [0, 0.1) is 5.92 Å². The number of hydrogen-bond donors (Lipinski definition) is 1. The fraction of sp³-hybridized carbons (Fsp3) is 0.429. The van der Waals surface area contributed by atoms with Gasteiger partial charge in [-0.1, -0.05) is 24.3 Å². The molecule has 2 aromatic rings. The molecular formula is C21H28O3. The highest BCUT2D eigenvalue weighted by Crippen LogP contribution is 2.19. The highest BCUT2D eigenvalue weighted by Gasteiger charge is 2.08. The monoisotopic (exact) mass is 328 g/mol. The number of aliphatic hydroxyl groups excluding tert-OH is 1. The van der Waals surface area contributed by atoms with Crippen molar-refractivity contribution in [1.29, 1.82) is 0 Å². The quantitative estimate of drug-likeness (QED) is 0.708. The Kier molecular flexibility index (Phi) is 7.63. The van der Waals surface area contributed by atoms with E-state index in [1.54, 1.807) is 14.2 Å². The molecule has 0 saturated heterocycles. The van der Waals surface area contributed by atoms with Gasteiger partial charge in [0.05, 0.1) is 14.2 Å². The molecule has 0 spiro atoms. The van der Waals surface area contributed by atoms with Crippen molar-refractivity contribution in [3.63, 3.8) is 0 Å². The zero-order chi connectivity index (χ0) is 17.2. The normalized spacial score (nSPS) is 12.0. The van der Waals surface area contributed by atoms with Crippen molar-refractivity contribution in [3.8, 4) is 11.5 Å². The van der Waals surface area contributed by atoms with Gasteiger partial charge in [-0.25, -0.2) is 0 Å². The molecule has 3 heteroatoms. The summed E-state index contributed by atoms with van der Waals surface area (Å²) in [6.45, 7) is 0.263. The lowest BCUT2D eigenvalue weighted by Gasteiger charge is -2.14. The van der Waals surface area contributed by atoms with Crippen LogP contribution in [-0.4, -0.2) is 25.9 Å². The van der Waals surface area contributed by atoms with Gasteiger partial charge >= 0.3 is 0 Å². The highest BCUT2D eigenvalue weighted by atomic mass is 16.5. The van der Waals surface area contributed by atoms with Crippen molar-refractivity contribution in [2.24, 2.45) is 5.92 Å². The molecule has 0 saturated carbocycles. The number of aryl methyl sites for hydroxylation is 2. The summed E-state index contributed by atoms with van der Waals surface area (Å²) in [7, 11) is 3.36. The number of benzene rings is 2. The number of hydrogen-bond acceptors (Lipinski definition) is 3. The van der Waals surface area contributed by atoms with E-state index in [0.29, 0.717) is 5.92 Å². The first kappa shape index (κ1) is 18.3. The van der Waals surface area contributed by atoms with E-state index >= 15 is 0 Å². The first-order valence-electron chi connectivity index (χ1n) is 8.62. The second-order valence-electron chi connectivity index (χ2n) is 6.18. The molecule has 0 aliphatic rings. The van der Waals surface area contributed by atoms with E-state index in [0.717, 1.165) is 43.6 Å². The van der Waals surface area contributed by atoms with Crippen LogP contribution in [-0.2, 0) is 12.8 Å². The van der Waals surface area contributed by atoms with Crippen LogP contribution in [0.25, 0.3) is 0 Å². The van der Waals surface area contributed by atoms with Gasteiger partial charge in [0.15, 0.2) is 0 Å². The van der Waals surface area contributed by atoms with Gasteiger partial charge < -0.3 is 14.6 Å². The molecule has 0 bridgehead atoms. The molecule has 1 atom stereocenters. The van der Waals surface area contributed by atoms with Gasteiger partial charge in [0.25, 0.3) is 0 Å². The Hall–Kier alpha value is -2.00. The maximum Gasteiger partial charge on any atom is 0.118 e. The van der Waals surface area contributed by atoms with Crippen LogP contribution in [0.1, 0.15) is 30.4 Å². The van der Waals surface area contributed by atoms with Gasteiger partial charge in [-0.05, 0) is 73.4 Å². The minimum atomic E-state index is 0.263. The van der Waals surface area contributed by atoms with Crippen LogP contribution in [0.5, 0.6) is 11.5 Å². The first-order chi connectivity index (χ1) is 11.7. The Balaban J connectivity index is 1.72. The average Bonchev–Trinajstić information content (AvgIpc) is 2.65. The van der Waals surface area contributed by atoms with Gasteiger partial charge in [0.1, 0.15) is 11.5 Å². The Labute approximate surface area is 145 Å². The molecule has 1 N–H and O–H groups in total. The van der Waals surface area contributed by atoms with Crippen molar-refractivity contribution in [2.75, 3.05) is 20.8 Å². The van der Waals surface area contributed by atoms with E-state index < -0.39 is 0 Å². The predicted octanol–water partition coefficient (Wildman–Crippen LogP) is 4.27. The third-order valence-electron chi connectivity index (χ3n) is 4.50. The third kappa shape index (κ3) is 5.89. The molecule has 0 amide bonds. The molecular weight excluding hydrogens is 300 g/mol. The molecule has 130 valence electrons. The molecule has 24 heavy (non-hydrogen) atoms. The summed E-state index contributed by atoms with van der Waals surface area (Å²) in [5.74, 6) is 2.15. The molecule has 3 nitrogen and oxygen atoms in total. The number of aliphatic hydroxyl groups is 1. The number of methoxy groups -OCH3 is 2. The summed E-state index contributed by atoms with van der Waals surface area (Å²) in [6.07, 6.45) is 5.21. The van der Waals surface area contributed by atoms with Gasteiger partial charge in [-0.3, -0.25) is 0 Å². The van der Waals surface area contributed by atoms with Crippen molar-refractivity contribution >= 4 is 0 Å². The van der Waals surface area contributed by atoms with Crippen molar-refractivity contribution in [1.82, 2.24) is 0 Å². The standard InChI is InChI=1S/C21H28O3/c1-23-20-12-8-17(9-13-20)4-3-5-19(16-22)7-6-18-10-14-21(24-2)15-11-18/h8-15,19,22H,3-7,16H2,1-2H3. The van der Waals surface area contributed by atoms with Crippen LogP contribution >= 0.6 is 0 Å². The Bertz CT molecular complexity index is 575. The van der Waals surface area contributed by atoms with E-state index in [1.165, 1.54) is 11.1 Å². The van der Waals surface area contributed by atoms with Crippen molar-refractivity contribution in [3.05, 3.63) is 59.7 Å².